The van der Waals surface area contributed by atoms with E-state index in [0.29, 0.717) is 10.1 Å². The summed E-state index contributed by atoms with van der Waals surface area (Å²) in [6, 6.07) is 5.36. The largest absolute Gasteiger partial charge is 0.426 e. The van der Waals surface area contributed by atoms with Gasteiger partial charge in [-0.25, -0.2) is 0 Å². The van der Waals surface area contributed by atoms with E-state index < -0.39 is 0 Å². The maximum atomic E-state index is 9.40. The molecular weight excluding hydrogens is 220 g/mol. The van der Waals surface area contributed by atoms with Crippen LogP contribution >= 0.6 is 15.9 Å². The summed E-state index contributed by atoms with van der Waals surface area (Å²) in [7, 11) is 0. The van der Waals surface area contributed by atoms with Crippen LogP contribution in [-0.4, -0.2) is 16.5 Å². The number of hydrogen-bond donors (Lipinski definition) is 1. The number of nitrogens with zero attached hydrogens (tertiary/aromatic N) is 2. The first-order valence-electron chi connectivity index (χ1n) is 3.83. The minimum atomic E-state index is 0.575. The van der Waals surface area contributed by atoms with Crippen LogP contribution in [0.2, 0.25) is 0 Å². The van der Waals surface area contributed by atoms with Crippen LogP contribution in [0.3, 0.4) is 0 Å². The summed E-state index contributed by atoms with van der Waals surface area (Å²) in [4.78, 5) is 4.17. The van der Waals surface area contributed by atoms with Crippen LogP contribution in [0.4, 0.5) is 0 Å². The van der Waals surface area contributed by atoms with Gasteiger partial charge in [0.2, 0.25) is 0 Å². The predicted molar refractivity (Wildman–Crippen MR) is 50.0 cm³/mol. The van der Waals surface area contributed by atoms with Crippen molar-refractivity contribution in [2.24, 2.45) is 4.99 Å². The molecule has 0 spiro atoms. The third-order valence-corrected chi connectivity index (χ3v) is 2.00. The van der Waals surface area contributed by atoms with Gasteiger partial charge >= 0.3 is 0 Å². The van der Waals surface area contributed by atoms with Gasteiger partial charge in [0.05, 0.1) is 0 Å². The number of hydrogen-bond acceptors (Lipinski definition) is 2. The molecule has 0 bridgehead atoms. The molecule has 3 nitrogen and oxygen atoms in total. The van der Waals surface area contributed by atoms with Gasteiger partial charge in [-0.05, 0) is 34.5 Å². The minimum Gasteiger partial charge on any atom is -0.426 e. The van der Waals surface area contributed by atoms with Crippen molar-refractivity contribution in [3.05, 3.63) is 28.3 Å². The lowest BCUT2D eigenvalue weighted by Gasteiger charge is -1.99. The monoisotopic (exact) mass is 230 g/mol. The van der Waals surface area contributed by atoms with Crippen LogP contribution in [0.15, 0.2) is 27.8 Å². The van der Waals surface area contributed by atoms with Crippen LogP contribution in [0.1, 0.15) is 13.3 Å². The Bertz CT molecular complexity index is 319. The summed E-state index contributed by atoms with van der Waals surface area (Å²) in [6.45, 7) is 2.78. The Morgan fingerprint density at radius 1 is 1.58 bits per heavy atom. The topological polar surface area (TPSA) is 37.5 Å². The lowest BCUT2D eigenvalue weighted by molar-refractivity contribution is 0.164. The van der Waals surface area contributed by atoms with Crippen molar-refractivity contribution < 1.29 is 5.21 Å². The SMILES string of the molecule is CCCN=c1cccc(Br)n1O. The molecule has 1 heterocycles. The van der Waals surface area contributed by atoms with Crippen molar-refractivity contribution in [2.75, 3.05) is 6.54 Å². The van der Waals surface area contributed by atoms with Crippen molar-refractivity contribution in [3.63, 3.8) is 0 Å². The Hall–Kier alpha value is -0.770. The number of rotatable bonds is 2. The highest BCUT2D eigenvalue weighted by Gasteiger charge is 1.93. The molecule has 0 aliphatic heterocycles. The Morgan fingerprint density at radius 3 is 3.00 bits per heavy atom. The first kappa shape index (κ1) is 9.32. The van der Waals surface area contributed by atoms with E-state index in [0.717, 1.165) is 17.7 Å². The molecule has 0 aliphatic rings. The predicted octanol–water partition coefficient (Wildman–Crippen LogP) is 1.80. The summed E-state index contributed by atoms with van der Waals surface area (Å²) in [5, 5.41) is 9.40. The van der Waals surface area contributed by atoms with Crippen LogP contribution in [-0.2, 0) is 0 Å². The molecular formula is C8H11BrN2O. The fourth-order valence-electron chi connectivity index (χ4n) is 0.810. The van der Waals surface area contributed by atoms with Gasteiger partial charge in [0.1, 0.15) is 4.60 Å². The molecule has 1 aromatic heterocycles. The molecule has 0 saturated carbocycles. The second-order valence-corrected chi connectivity index (χ2v) is 3.21. The molecule has 0 fully saturated rings. The summed E-state index contributed by atoms with van der Waals surface area (Å²) in [5.74, 6) is 0. The van der Waals surface area contributed by atoms with Gasteiger partial charge in [0.25, 0.3) is 0 Å². The van der Waals surface area contributed by atoms with E-state index in [1.165, 1.54) is 0 Å². The first-order valence-corrected chi connectivity index (χ1v) is 4.62. The molecule has 66 valence electrons. The summed E-state index contributed by atoms with van der Waals surface area (Å²) >= 11 is 3.19. The Balaban J connectivity index is 3.07. The third kappa shape index (κ3) is 2.11. The van der Waals surface area contributed by atoms with Gasteiger partial charge in [-0.15, -0.1) is 0 Å². The average Bonchev–Trinajstić information content (AvgIpc) is 2.08. The second kappa shape index (κ2) is 4.30. The molecule has 4 heteroatoms. The van der Waals surface area contributed by atoms with Gasteiger partial charge in [0, 0.05) is 6.54 Å². The maximum absolute atomic E-state index is 9.40. The lowest BCUT2D eigenvalue weighted by Crippen LogP contribution is -2.19. The van der Waals surface area contributed by atoms with Crippen molar-refractivity contribution >= 4 is 15.9 Å². The average molecular weight is 231 g/mol. The fraction of sp³-hybridized carbons (Fsp3) is 0.375. The van der Waals surface area contributed by atoms with E-state index in [2.05, 4.69) is 20.9 Å². The quantitative estimate of drug-likeness (QED) is 0.611. The zero-order valence-electron chi connectivity index (χ0n) is 6.87. The molecule has 1 aromatic rings. The summed E-state index contributed by atoms with van der Waals surface area (Å²) in [6.07, 6.45) is 0.979. The highest BCUT2D eigenvalue weighted by molar-refractivity contribution is 9.10. The van der Waals surface area contributed by atoms with Crippen LogP contribution in [0, 0.1) is 0 Å². The first-order chi connectivity index (χ1) is 5.75. The summed E-state index contributed by atoms with van der Waals surface area (Å²) in [5.41, 5.74) is 0.575. The molecule has 0 aromatic carbocycles. The smallest absolute Gasteiger partial charge is 0.164 e. The fourth-order valence-corrected chi connectivity index (χ4v) is 1.14. The molecule has 0 saturated heterocycles. The lowest BCUT2D eigenvalue weighted by atomic mass is 10.5. The molecule has 0 unspecified atom stereocenters. The normalized spacial score (nSPS) is 12.0. The van der Waals surface area contributed by atoms with E-state index in [1.54, 1.807) is 12.1 Å². The van der Waals surface area contributed by atoms with Crippen molar-refractivity contribution in [1.29, 1.82) is 0 Å². The van der Waals surface area contributed by atoms with E-state index >= 15 is 0 Å². The molecule has 0 radical (unpaired) electrons. The molecule has 0 atom stereocenters. The number of halogens is 1. The van der Waals surface area contributed by atoms with E-state index in [1.807, 2.05) is 13.0 Å². The Morgan fingerprint density at radius 2 is 2.33 bits per heavy atom. The van der Waals surface area contributed by atoms with Crippen molar-refractivity contribution in [3.8, 4) is 0 Å². The van der Waals surface area contributed by atoms with Gasteiger partial charge in [-0.2, -0.15) is 4.73 Å². The standard InChI is InChI=1S/C8H11BrN2O/c1-2-6-10-8-5-3-4-7(9)11(8)12/h3-5,12H,2,6H2,1H3. The molecule has 0 aliphatic carbocycles. The maximum Gasteiger partial charge on any atom is 0.164 e. The van der Waals surface area contributed by atoms with E-state index in [9.17, 15) is 5.21 Å². The van der Waals surface area contributed by atoms with E-state index in [-0.39, 0.29) is 0 Å². The molecule has 0 amide bonds. The number of pyridine rings is 1. The van der Waals surface area contributed by atoms with Crippen molar-refractivity contribution in [2.45, 2.75) is 13.3 Å². The Kier molecular flexibility index (Phi) is 3.34. The van der Waals surface area contributed by atoms with Crippen LogP contribution in [0.25, 0.3) is 0 Å². The second-order valence-electron chi connectivity index (χ2n) is 2.40. The highest BCUT2D eigenvalue weighted by Crippen LogP contribution is 2.02. The summed E-state index contributed by atoms with van der Waals surface area (Å²) < 4.78 is 1.63. The van der Waals surface area contributed by atoms with Gasteiger partial charge < -0.3 is 5.21 Å². The highest BCUT2D eigenvalue weighted by atomic mass is 79.9. The van der Waals surface area contributed by atoms with Gasteiger partial charge in [0.15, 0.2) is 5.49 Å². The molecule has 12 heavy (non-hydrogen) atoms. The zero-order valence-corrected chi connectivity index (χ0v) is 8.45. The third-order valence-electron chi connectivity index (χ3n) is 1.40. The minimum absolute atomic E-state index is 0.575. The Labute approximate surface area is 79.5 Å². The zero-order chi connectivity index (χ0) is 8.97. The number of aromatic nitrogens is 1. The van der Waals surface area contributed by atoms with Crippen molar-refractivity contribution in [1.82, 2.24) is 4.73 Å². The van der Waals surface area contributed by atoms with Gasteiger partial charge in [-0.1, -0.05) is 13.0 Å². The van der Waals surface area contributed by atoms with Gasteiger partial charge in [-0.3, -0.25) is 4.99 Å². The van der Waals surface area contributed by atoms with Crippen LogP contribution < -0.4 is 5.49 Å². The molecule has 1 rings (SSSR count). The van der Waals surface area contributed by atoms with Crippen LogP contribution in [0.5, 0.6) is 0 Å². The van der Waals surface area contributed by atoms with E-state index in [4.69, 9.17) is 0 Å². The molecule has 1 N–H and O–H groups in total.